The highest BCUT2D eigenvalue weighted by molar-refractivity contribution is 7.99. The maximum atomic E-state index is 13.4. The Morgan fingerprint density at radius 2 is 1.79 bits per heavy atom. The zero-order chi connectivity index (χ0) is 26.4. The van der Waals surface area contributed by atoms with E-state index < -0.39 is 5.97 Å². The van der Waals surface area contributed by atoms with E-state index in [1.165, 1.54) is 80.9 Å². The summed E-state index contributed by atoms with van der Waals surface area (Å²) in [6.07, 6.45) is 9.18. The average Bonchev–Trinajstić information content (AvgIpc) is 3.45. The Bertz CT molecular complexity index is 1330. The normalized spacial score (nSPS) is 25.5. The number of carbonyl (C=O) groups is 2. The van der Waals surface area contributed by atoms with Crippen molar-refractivity contribution in [2.45, 2.75) is 50.1 Å². The lowest BCUT2D eigenvalue weighted by molar-refractivity contribution is -0.113. The Kier molecular flexibility index (Phi) is 6.80. The first-order valence-corrected chi connectivity index (χ1v) is 15.0. The van der Waals surface area contributed by atoms with Crippen molar-refractivity contribution in [3.05, 3.63) is 46.9 Å². The van der Waals surface area contributed by atoms with Crippen molar-refractivity contribution in [3.8, 4) is 11.1 Å². The molecule has 0 radical (unpaired) electrons. The van der Waals surface area contributed by atoms with E-state index in [2.05, 4.69) is 15.5 Å². The summed E-state index contributed by atoms with van der Waals surface area (Å²) in [6.45, 7) is 0. The molecule has 1 aromatic carbocycles. The molecule has 2 aromatic heterocycles. The third kappa shape index (κ3) is 4.88. The number of thioether (sulfide) groups is 1. The molecule has 4 bridgehead atoms. The van der Waals surface area contributed by atoms with Gasteiger partial charge in [0.1, 0.15) is 22.2 Å². The summed E-state index contributed by atoms with van der Waals surface area (Å²) in [5.41, 5.74) is 1.90. The Morgan fingerprint density at radius 3 is 2.42 bits per heavy atom. The van der Waals surface area contributed by atoms with Gasteiger partial charge in [-0.2, -0.15) is 0 Å². The number of halogens is 1. The average molecular weight is 555 g/mol. The predicted molar refractivity (Wildman–Crippen MR) is 146 cm³/mol. The van der Waals surface area contributed by atoms with Gasteiger partial charge in [-0.25, -0.2) is 9.18 Å². The lowest BCUT2D eigenvalue weighted by Gasteiger charge is -2.56. The number of rotatable bonds is 8. The summed E-state index contributed by atoms with van der Waals surface area (Å²) in [4.78, 5) is 25.4. The lowest BCUT2D eigenvalue weighted by Crippen LogP contribution is -2.47. The zero-order valence-electron chi connectivity index (χ0n) is 21.5. The van der Waals surface area contributed by atoms with Crippen LogP contribution in [-0.2, 0) is 23.0 Å². The first-order valence-electron chi connectivity index (χ1n) is 13.1. The van der Waals surface area contributed by atoms with Crippen LogP contribution in [0.25, 0.3) is 11.1 Å². The van der Waals surface area contributed by atoms with Crippen LogP contribution in [0.5, 0.6) is 0 Å². The minimum absolute atomic E-state index is 0.133. The third-order valence-corrected chi connectivity index (χ3v) is 10.5. The van der Waals surface area contributed by atoms with Crippen molar-refractivity contribution < 1.29 is 18.7 Å². The molecule has 200 valence electrons. The molecule has 4 aliphatic carbocycles. The molecule has 0 atom stereocenters. The molecule has 1 N–H and O–H groups in total. The van der Waals surface area contributed by atoms with Gasteiger partial charge >= 0.3 is 5.97 Å². The zero-order valence-corrected chi connectivity index (χ0v) is 23.2. The van der Waals surface area contributed by atoms with E-state index >= 15 is 0 Å². The van der Waals surface area contributed by atoms with Gasteiger partial charge in [0, 0.05) is 24.4 Å². The summed E-state index contributed by atoms with van der Waals surface area (Å²) in [5, 5.41) is 14.7. The highest BCUT2D eigenvalue weighted by Gasteiger charge is 2.51. The number of amides is 1. The number of carbonyl (C=O) groups excluding carboxylic acids is 2. The van der Waals surface area contributed by atoms with Gasteiger partial charge in [0.25, 0.3) is 0 Å². The number of hydrogen-bond acceptors (Lipinski definition) is 7. The quantitative estimate of drug-likeness (QED) is 0.273. The summed E-state index contributed by atoms with van der Waals surface area (Å²) >= 11 is 2.57. The van der Waals surface area contributed by atoms with Crippen molar-refractivity contribution >= 4 is 40.0 Å². The smallest absolute Gasteiger partial charge is 0.341 e. The van der Waals surface area contributed by atoms with Gasteiger partial charge in [-0.15, -0.1) is 21.5 Å². The molecule has 7 rings (SSSR count). The van der Waals surface area contributed by atoms with Crippen LogP contribution in [0, 0.1) is 29.0 Å². The highest BCUT2D eigenvalue weighted by atomic mass is 32.2. The topological polar surface area (TPSA) is 86.1 Å². The molecular formula is C28H31FN4O3S2. The van der Waals surface area contributed by atoms with Crippen LogP contribution in [0.2, 0.25) is 0 Å². The first-order chi connectivity index (χ1) is 18.3. The molecule has 4 aliphatic rings. The van der Waals surface area contributed by atoms with Gasteiger partial charge in [0.2, 0.25) is 5.91 Å². The van der Waals surface area contributed by atoms with Gasteiger partial charge in [0.05, 0.1) is 12.9 Å². The molecule has 0 saturated heterocycles. The number of ether oxygens (including phenoxy) is 1. The van der Waals surface area contributed by atoms with Crippen LogP contribution >= 0.6 is 23.1 Å². The van der Waals surface area contributed by atoms with E-state index in [0.29, 0.717) is 26.7 Å². The summed E-state index contributed by atoms with van der Waals surface area (Å²) in [7, 11) is 3.28. The second kappa shape index (κ2) is 10.1. The van der Waals surface area contributed by atoms with E-state index in [1.54, 1.807) is 17.5 Å². The highest BCUT2D eigenvalue weighted by Crippen LogP contribution is 2.61. The number of anilines is 1. The van der Waals surface area contributed by atoms with Crippen LogP contribution in [0.3, 0.4) is 0 Å². The minimum atomic E-state index is -0.559. The van der Waals surface area contributed by atoms with Crippen LogP contribution in [-0.4, -0.2) is 39.5 Å². The molecule has 0 unspecified atom stereocenters. The number of esters is 1. The van der Waals surface area contributed by atoms with Gasteiger partial charge < -0.3 is 14.6 Å². The molecule has 1 amide bonds. The maximum Gasteiger partial charge on any atom is 0.341 e. The van der Waals surface area contributed by atoms with Crippen LogP contribution in [0.4, 0.5) is 9.39 Å². The summed E-state index contributed by atoms with van der Waals surface area (Å²) in [5.74, 6) is 2.64. The van der Waals surface area contributed by atoms with Crippen molar-refractivity contribution in [1.29, 1.82) is 0 Å². The molecule has 38 heavy (non-hydrogen) atoms. The van der Waals surface area contributed by atoms with E-state index in [1.807, 2.05) is 11.6 Å². The fourth-order valence-corrected chi connectivity index (χ4v) is 9.06. The largest absolute Gasteiger partial charge is 0.465 e. The molecule has 10 heteroatoms. The molecule has 2 heterocycles. The van der Waals surface area contributed by atoms with Gasteiger partial charge in [0.15, 0.2) is 5.16 Å². The Morgan fingerprint density at radius 1 is 1.13 bits per heavy atom. The number of benzene rings is 1. The van der Waals surface area contributed by atoms with Crippen LogP contribution in [0.1, 0.15) is 54.7 Å². The second-order valence-corrected chi connectivity index (χ2v) is 13.1. The van der Waals surface area contributed by atoms with Gasteiger partial charge in [-0.05, 0) is 79.4 Å². The van der Waals surface area contributed by atoms with Gasteiger partial charge in [-0.3, -0.25) is 4.79 Å². The second-order valence-electron chi connectivity index (χ2n) is 11.2. The van der Waals surface area contributed by atoms with E-state index in [0.717, 1.165) is 30.0 Å². The van der Waals surface area contributed by atoms with Crippen LogP contribution < -0.4 is 5.32 Å². The SMILES string of the molecule is COC(=O)c1c(-c2ccc(F)cc2)csc1NC(=O)CSc1nnc(CC23CC4CC(CC(C4)C2)C3)n1C. The Labute approximate surface area is 229 Å². The molecule has 4 saturated carbocycles. The minimum Gasteiger partial charge on any atom is -0.465 e. The van der Waals surface area contributed by atoms with E-state index in [4.69, 9.17) is 4.74 Å². The Hall–Kier alpha value is -2.72. The number of methoxy groups -OCH3 is 1. The standard InChI is InChI=1S/C28H31FN4O3S2/c1-33-22(13-28-10-16-7-17(11-28)9-18(8-16)12-28)31-32-27(33)38-15-23(34)30-25-24(26(35)36-2)21(14-37-25)19-3-5-20(29)6-4-19/h3-6,14,16-18H,7-13,15H2,1-2H3,(H,30,34). The van der Waals surface area contributed by atoms with E-state index in [9.17, 15) is 14.0 Å². The molecule has 0 aliphatic heterocycles. The molecule has 4 fully saturated rings. The molecule has 0 spiro atoms. The van der Waals surface area contributed by atoms with Gasteiger partial charge in [-0.1, -0.05) is 23.9 Å². The van der Waals surface area contributed by atoms with Crippen molar-refractivity contribution in [3.63, 3.8) is 0 Å². The number of aromatic nitrogens is 3. The van der Waals surface area contributed by atoms with Crippen molar-refractivity contribution in [2.75, 3.05) is 18.2 Å². The van der Waals surface area contributed by atoms with E-state index in [-0.39, 0.29) is 23.0 Å². The molecule has 7 nitrogen and oxygen atoms in total. The number of nitrogens with one attached hydrogen (secondary N) is 1. The fraction of sp³-hybridized carbons (Fsp3) is 0.500. The van der Waals surface area contributed by atoms with Crippen LogP contribution in [0.15, 0.2) is 34.8 Å². The molecule has 3 aromatic rings. The first kappa shape index (κ1) is 25.6. The number of hydrogen-bond donors (Lipinski definition) is 1. The van der Waals surface area contributed by atoms with Crippen molar-refractivity contribution in [2.24, 2.45) is 30.2 Å². The Balaban J connectivity index is 1.11. The monoisotopic (exact) mass is 554 g/mol. The number of nitrogens with zero attached hydrogens (tertiary/aromatic N) is 3. The summed E-state index contributed by atoms with van der Waals surface area (Å²) in [6, 6.07) is 5.86. The number of thiophene rings is 1. The third-order valence-electron chi connectivity index (χ3n) is 8.54. The molecular weight excluding hydrogens is 523 g/mol. The fourth-order valence-electron chi connectivity index (χ4n) is 7.36. The summed E-state index contributed by atoms with van der Waals surface area (Å²) < 4.78 is 20.4. The predicted octanol–water partition coefficient (Wildman–Crippen LogP) is 5.96. The maximum absolute atomic E-state index is 13.4. The van der Waals surface area contributed by atoms with Crippen molar-refractivity contribution in [1.82, 2.24) is 14.8 Å². The lowest BCUT2D eigenvalue weighted by atomic mass is 9.49.